The van der Waals surface area contributed by atoms with Crippen LogP contribution in [0.2, 0.25) is 0 Å². The maximum absolute atomic E-state index is 11.9. The average molecular weight is 268 g/mol. The molecule has 3 nitrogen and oxygen atoms in total. The molecule has 0 aromatic rings. The highest BCUT2D eigenvalue weighted by atomic mass is 19.4. The van der Waals surface area contributed by atoms with Gasteiger partial charge in [-0.1, -0.05) is 6.92 Å². The summed E-state index contributed by atoms with van der Waals surface area (Å²) >= 11 is 0. The quantitative estimate of drug-likeness (QED) is 0.682. The minimum absolute atomic E-state index is 0.145. The Bertz CT molecular complexity index is 218. The van der Waals surface area contributed by atoms with Gasteiger partial charge in [0.1, 0.15) is 6.61 Å². The topological polar surface area (TPSA) is 24.5 Å². The van der Waals surface area contributed by atoms with Crippen molar-refractivity contribution in [3.8, 4) is 0 Å². The summed E-state index contributed by atoms with van der Waals surface area (Å²) in [5, 5.41) is 3.40. The Balaban J connectivity index is 2.16. The third-order valence-corrected chi connectivity index (χ3v) is 3.00. The first-order valence-electron chi connectivity index (χ1n) is 6.61. The molecular formula is C12H23F3N2O. The Morgan fingerprint density at radius 3 is 2.67 bits per heavy atom. The fourth-order valence-electron chi connectivity index (χ4n) is 2.22. The molecule has 1 unspecified atom stereocenters. The van der Waals surface area contributed by atoms with Crippen LogP contribution in [0, 0.1) is 0 Å². The minimum atomic E-state index is -4.22. The van der Waals surface area contributed by atoms with Gasteiger partial charge in [-0.25, -0.2) is 0 Å². The van der Waals surface area contributed by atoms with Gasteiger partial charge >= 0.3 is 6.18 Å². The molecule has 1 N–H and O–H groups in total. The van der Waals surface area contributed by atoms with Crippen LogP contribution in [0.15, 0.2) is 0 Å². The van der Waals surface area contributed by atoms with Gasteiger partial charge in [-0.2, -0.15) is 13.2 Å². The Kier molecular flexibility index (Phi) is 6.96. The predicted octanol–water partition coefficient (Wildman–Crippen LogP) is 2.03. The second-order valence-electron chi connectivity index (χ2n) is 4.76. The first-order valence-corrected chi connectivity index (χ1v) is 6.61. The van der Waals surface area contributed by atoms with Crippen LogP contribution in [0.4, 0.5) is 13.2 Å². The predicted molar refractivity (Wildman–Crippen MR) is 64.6 cm³/mol. The maximum atomic E-state index is 11.9. The summed E-state index contributed by atoms with van der Waals surface area (Å²) in [6.07, 6.45) is -0.868. The molecule has 1 fully saturated rings. The normalized spacial score (nSPS) is 20.8. The Morgan fingerprint density at radius 2 is 2.11 bits per heavy atom. The second kappa shape index (κ2) is 7.96. The molecule has 1 aliphatic heterocycles. The Hall–Kier alpha value is -0.330. The summed E-state index contributed by atoms with van der Waals surface area (Å²) in [4.78, 5) is 2.18. The lowest BCUT2D eigenvalue weighted by Gasteiger charge is -2.25. The monoisotopic (exact) mass is 268 g/mol. The molecule has 0 spiro atoms. The zero-order chi connectivity index (χ0) is 13.4. The third kappa shape index (κ3) is 7.18. The van der Waals surface area contributed by atoms with E-state index in [0.717, 1.165) is 32.5 Å². The van der Waals surface area contributed by atoms with Crippen molar-refractivity contribution >= 4 is 0 Å². The van der Waals surface area contributed by atoms with Gasteiger partial charge < -0.3 is 10.1 Å². The molecule has 1 atom stereocenters. The molecule has 0 bridgehead atoms. The van der Waals surface area contributed by atoms with Crippen LogP contribution < -0.4 is 5.32 Å². The van der Waals surface area contributed by atoms with Crippen molar-refractivity contribution in [2.45, 2.75) is 38.4 Å². The largest absolute Gasteiger partial charge is 0.411 e. The Labute approximate surface area is 107 Å². The molecule has 1 saturated heterocycles. The van der Waals surface area contributed by atoms with E-state index in [9.17, 15) is 13.2 Å². The molecule has 0 saturated carbocycles. The zero-order valence-corrected chi connectivity index (χ0v) is 10.9. The van der Waals surface area contributed by atoms with Gasteiger partial charge in [0, 0.05) is 19.1 Å². The van der Waals surface area contributed by atoms with E-state index in [4.69, 9.17) is 0 Å². The third-order valence-electron chi connectivity index (χ3n) is 3.00. The summed E-state index contributed by atoms with van der Waals surface area (Å²) in [6, 6.07) is 0.485. The highest BCUT2D eigenvalue weighted by Gasteiger charge is 2.27. The van der Waals surface area contributed by atoms with Crippen LogP contribution >= 0.6 is 0 Å². The number of nitrogens with zero attached hydrogens (tertiary/aromatic N) is 1. The minimum Gasteiger partial charge on any atom is -0.371 e. The van der Waals surface area contributed by atoms with Crippen LogP contribution in [-0.4, -0.2) is 56.5 Å². The molecule has 0 aliphatic carbocycles. The van der Waals surface area contributed by atoms with E-state index in [-0.39, 0.29) is 6.61 Å². The van der Waals surface area contributed by atoms with Crippen molar-refractivity contribution in [2.24, 2.45) is 0 Å². The first kappa shape index (κ1) is 15.7. The number of hydrogen-bond donors (Lipinski definition) is 1. The SMILES string of the molecule is CCCN(CCOCC(F)(F)F)CC1CCCN1. The highest BCUT2D eigenvalue weighted by molar-refractivity contribution is 4.77. The second-order valence-corrected chi connectivity index (χ2v) is 4.76. The van der Waals surface area contributed by atoms with Crippen LogP contribution in [-0.2, 0) is 4.74 Å². The van der Waals surface area contributed by atoms with Crippen molar-refractivity contribution in [1.82, 2.24) is 10.2 Å². The highest BCUT2D eigenvalue weighted by Crippen LogP contribution is 2.14. The van der Waals surface area contributed by atoms with Crippen LogP contribution in [0.25, 0.3) is 0 Å². The number of halogens is 3. The number of rotatable bonds is 8. The lowest BCUT2D eigenvalue weighted by Crippen LogP contribution is -2.39. The number of hydrogen-bond acceptors (Lipinski definition) is 3. The van der Waals surface area contributed by atoms with Gasteiger partial charge in [0.05, 0.1) is 6.61 Å². The summed E-state index contributed by atoms with van der Waals surface area (Å²) in [7, 11) is 0. The van der Waals surface area contributed by atoms with Crippen LogP contribution in [0.3, 0.4) is 0 Å². The number of nitrogens with one attached hydrogen (secondary N) is 1. The summed E-state index contributed by atoms with van der Waals surface area (Å²) < 4.78 is 40.4. The van der Waals surface area contributed by atoms with Crippen molar-refractivity contribution in [2.75, 3.05) is 39.4 Å². The summed E-state index contributed by atoms with van der Waals surface area (Å²) in [6.45, 7) is 4.51. The average Bonchev–Trinajstić information content (AvgIpc) is 2.76. The molecule has 1 rings (SSSR count). The van der Waals surface area contributed by atoms with E-state index >= 15 is 0 Å². The van der Waals surface area contributed by atoms with Crippen LogP contribution in [0.5, 0.6) is 0 Å². The van der Waals surface area contributed by atoms with Crippen LogP contribution in [0.1, 0.15) is 26.2 Å². The van der Waals surface area contributed by atoms with E-state index in [1.807, 2.05) is 0 Å². The molecule has 0 radical (unpaired) electrons. The van der Waals surface area contributed by atoms with Gasteiger partial charge in [0.25, 0.3) is 0 Å². The number of alkyl halides is 3. The molecule has 108 valence electrons. The van der Waals surface area contributed by atoms with Gasteiger partial charge in [0.2, 0.25) is 0 Å². The fourth-order valence-corrected chi connectivity index (χ4v) is 2.22. The van der Waals surface area contributed by atoms with Crippen molar-refractivity contribution in [1.29, 1.82) is 0 Å². The number of ether oxygens (including phenoxy) is 1. The van der Waals surface area contributed by atoms with Gasteiger partial charge in [-0.15, -0.1) is 0 Å². The van der Waals surface area contributed by atoms with Crippen molar-refractivity contribution < 1.29 is 17.9 Å². The molecule has 1 aliphatic rings. The van der Waals surface area contributed by atoms with Gasteiger partial charge in [0.15, 0.2) is 0 Å². The van der Waals surface area contributed by atoms with E-state index in [2.05, 4.69) is 21.9 Å². The molecule has 0 amide bonds. The maximum Gasteiger partial charge on any atom is 0.411 e. The summed E-state index contributed by atoms with van der Waals surface area (Å²) in [5.74, 6) is 0. The molecule has 0 aromatic heterocycles. The molecule has 1 heterocycles. The van der Waals surface area contributed by atoms with Gasteiger partial charge in [-0.3, -0.25) is 4.90 Å². The molecular weight excluding hydrogens is 245 g/mol. The van der Waals surface area contributed by atoms with Crippen molar-refractivity contribution in [3.63, 3.8) is 0 Å². The standard InChI is InChI=1S/C12H23F3N2O/c1-2-6-17(9-11-4-3-5-16-11)7-8-18-10-12(13,14)15/h11,16H,2-10H2,1H3. The molecule has 6 heteroatoms. The Morgan fingerprint density at radius 1 is 1.33 bits per heavy atom. The lowest BCUT2D eigenvalue weighted by molar-refractivity contribution is -0.174. The van der Waals surface area contributed by atoms with E-state index in [1.54, 1.807) is 0 Å². The smallest absolute Gasteiger partial charge is 0.371 e. The fraction of sp³-hybridized carbons (Fsp3) is 1.00. The van der Waals surface area contributed by atoms with Gasteiger partial charge in [-0.05, 0) is 32.4 Å². The molecule has 0 aromatic carbocycles. The summed E-state index contributed by atoms with van der Waals surface area (Å²) in [5.41, 5.74) is 0. The van der Waals surface area contributed by atoms with E-state index < -0.39 is 12.8 Å². The lowest BCUT2D eigenvalue weighted by atomic mass is 10.2. The van der Waals surface area contributed by atoms with Crippen molar-refractivity contribution in [3.05, 3.63) is 0 Å². The van der Waals surface area contributed by atoms with E-state index in [1.165, 1.54) is 6.42 Å². The first-order chi connectivity index (χ1) is 8.51. The van der Waals surface area contributed by atoms with E-state index in [0.29, 0.717) is 12.6 Å². The molecule has 18 heavy (non-hydrogen) atoms. The zero-order valence-electron chi connectivity index (χ0n) is 10.9.